The highest BCUT2D eigenvalue weighted by atomic mass is 16.5. The summed E-state index contributed by atoms with van der Waals surface area (Å²) in [5.74, 6) is 2.78. The molecule has 4 aromatic rings. The molecule has 1 saturated heterocycles. The SMILES string of the molecule is CCc1ccc2c(c1)C(c1ccccc1)CC(N1CCN(C3CC(c4ccccc4)c4cc(C)ccc4O3)CC1)O2. The number of rotatable bonds is 5. The van der Waals surface area contributed by atoms with E-state index < -0.39 is 0 Å². The van der Waals surface area contributed by atoms with Gasteiger partial charge in [0.1, 0.15) is 11.5 Å². The zero-order valence-corrected chi connectivity index (χ0v) is 24.2. The van der Waals surface area contributed by atoms with E-state index in [1.807, 2.05) is 0 Å². The van der Waals surface area contributed by atoms with E-state index in [0.717, 1.165) is 56.9 Å². The van der Waals surface area contributed by atoms with Crippen LogP contribution in [0.1, 0.15) is 65.0 Å². The number of aryl methyl sites for hydroxylation is 2. The Labute approximate surface area is 244 Å². The number of piperazine rings is 1. The molecular formula is C37H40N2O2. The van der Waals surface area contributed by atoms with Crippen molar-refractivity contribution >= 4 is 0 Å². The van der Waals surface area contributed by atoms with Gasteiger partial charge in [-0.15, -0.1) is 0 Å². The van der Waals surface area contributed by atoms with Crippen LogP contribution in [0.2, 0.25) is 0 Å². The van der Waals surface area contributed by atoms with Crippen LogP contribution in [0, 0.1) is 6.92 Å². The van der Waals surface area contributed by atoms with Gasteiger partial charge >= 0.3 is 0 Å². The second-order valence-electron chi connectivity index (χ2n) is 11.9. The Morgan fingerprint density at radius 2 is 1.10 bits per heavy atom. The van der Waals surface area contributed by atoms with Gasteiger partial charge < -0.3 is 9.47 Å². The van der Waals surface area contributed by atoms with Crippen molar-refractivity contribution in [2.24, 2.45) is 0 Å². The van der Waals surface area contributed by atoms with Gasteiger partial charge in [-0.1, -0.05) is 97.4 Å². The third-order valence-corrected chi connectivity index (χ3v) is 9.37. The van der Waals surface area contributed by atoms with E-state index in [9.17, 15) is 0 Å². The lowest BCUT2D eigenvalue weighted by atomic mass is 9.84. The molecule has 4 nitrogen and oxygen atoms in total. The van der Waals surface area contributed by atoms with Gasteiger partial charge in [0, 0.05) is 62.0 Å². The van der Waals surface area contributed by atoms with Crippen molar-refractivity contribution in [3.8, 4) is 11.5 Å². The standard InChI is InChI=1S/C37H40N2O2/c1-3-27-15-17-35-33(23-27)31(29-12-8-5-9-13-29)25-37(41-35)39-20-18-38(19-21-39)36-24-30(28-10-6-4-7-11-28)32-22-26(2)14-16-34(32)40-36/h4-17,22-23,30-31,36-37H,3,18-21,24-25H2,1-2H3. The number of hydrogen-bond donors (Lipinski definition) is 0. The van der Waals surface area contributed by atoms with Crippen LogP contribution in [-0.4, -0.2) is 48.4 Å². The maximum absolute atomic E-state index is 6.71. The Morgan fingerprint density at radius 1 is 0.610 bits per heavy atom. The first-order chi connectivity index (χ1) is 20.2. The first-order valence-electron chi connectivity index (χ1n) is 15.3. The molecule has 0 N–H and O–H groups in total. The number of hydrogen-bond acceptors (Lipinski definition) is 4. The van der Waals surface area contributed by atoms with Crippen LogP contribution in [0.5, 0.6) is 11.5 Å². The zero-order chi connectivity index (χ0) is 27.8. The minimum absolute atomic E-state index is 0.0788. The molecule has 0 aliphatic carbocycles. The highest BCUT2D eigenvalue weighted by Crippen LogP contribution is 2.43. The van der Waals surface area contributed by atoms with E-state index in [2.05, 4.69) is 121 Å². The molecule has 4 heteroatoms. The summed E-state index contributed by atoms with van der Waals surface area (Å²) in [7, 11) is 0. The first-order valence-corrected chi connectivity index (χ1v) is 15.3. The minimum Gasteiger partial charge on any atom is -0.475 e. The number of nitrogens with zero attached hydrogens (tertiary/aromatic N) is 2. The van der Waals surface area contributed by atoms with Crippen molar-refractivity contribution in [1.29, 1.82) is 0 Å². The summed E-state index contributed by atoms with van der Waals surface area (Å²) in [5.41, 5.74) is 8.07. The second-order valence-corrected chi connectivity index (χ2v) is 11.9. The molecular weight excluding hydrogens is 504 g/mol. The molecule has 0 bridgehead atoms. The van der Waals surface area contributed by atoms with Crippen LogP contribution < -0.4 is 9.47 Å². The summed E-state index contributed by atoms with van der Waals surface area (Å²) >= 11 is 0. The van der Waals surface area contributed by atoms with Gasteiger partial charge in [0.15, 0.2) is 12.5 Å². The predicted octanol–water partition coefficient (Wildman–Crippen LogP) is 7.36. The summed E-state index contributed by atoms with van der Waals surface area (Å²) in [4.78, 5) is 5.10. The van der Waals surface area contributed by atoms with Gasteiger partial charge in [-0.2, -0.15) is 0 Å². The topological polar surface area (TPSA) is 24.9 Å². The van der Waals surface area contributed by atoms with Crippen LogP contribution in [0.15, 0.2) is 97.1 Å². The summed E-state index contributed by atoms with van der Waals surface area (Å²) in [6.45, 7) is 8.31. The van der Waals surface area contributed by atoms with Gasteiger partial charge in [0.25, 0.3) is 0 Å². The lowest BCUT2D eigenvalue weighted by molar-refractivity contribution is -0.0654. The van der Waals surface area contributed by atoms with Crippen molar-refractivity contribution < 1.29 is 9.47 Å². The zero-order valence-electron chi connectivity index (χ0n) is 24.2. The van der Waals surface area contributed by atoms with Crippen LogP contribution in [-0.2, 0) is 6.42 Å². The van der Waals surface area contributed by atoms with Gasteiger partial charge in [0.05, 0.1) is 0 Å². The number of benzene rings is 4. The van der Waals surface area contributed by atoms with Crippen molar-refractivity contribution in [2.45, 2.75) is 57.4 Å². The molecule has 0 spiro atoms. The summed E-state index contributed by atoms with van der Waals surface area (Å²) in [6, 6.07) is 35.4. The molecule has 41 heavy (non-hydrogen) atoms. The molecule has 0 saturated carbocycles. The van der Waals surface area contributed by atoms with Gasteiger partial charge in [-0.3, -0.25) is 9.80 Å². The molecule has 4 unspecified atom stereocenters. The maximum Gasteiger partial charge on any atom is 0.153 e. The number of fused-ring (bicyclic) bond motifs is 2. The van der Waals surface area contributed by atoms with E-state index >= 15 is 0 Å². The Hall–Kier alpha value is -3.60. The average molecular weight is 545 g/mol. The van der Waals surface area contributed by atoms with E-state index in [-0.39, 0.29) is 12.5 Å². The molecule has 4 aromatic carbocycles. The fourth-order valence-corrected chi connectivity index (χ4v) is 7.05. The molecule has 3 aliphatic heterocycles. The average Bonchev–Trinajstić information content (AvgIpc) is 3.04. The highest BCUT2D eigenvalue weighted by molar-refractivity contribution is 5.47. The summed E-state index contributed by atoms with van der Waals surface area (Å²) < 4.78 is 13.4. The molecule has 4 atom stereocenters. The molecule has 1 fully saturated rings. The quantitative estimate of drug-likeness (QED) is 0.262. The largest absolute Gasteiger partial charge is 0.475 e. The van der Waals surface area contributed by atoms with Crippen molar-refractivity contribution in [1.82, 2.24) is 9.80 Å². The molecule has 7 rings (SSSR count). The van der Waals surface area contributed by atoms with Crippen LogP contribution >= 0.6 is 0 Å². The lowest BCUT2D eigenvalue weighted by Crippen LogP contribution is -2.57. The lowest BCUT2D eigenvalue weighted by Gasteiger charge is -2.46. The maximum atomic E-state index is 6.71. The molecule has 0 amide bonds. The normalized spacial score (nSPS) is 24.5. The third kappa shape index (κ3) is 5.27. The molecule has 0 radical (unpaired) electrons. The highest BCUT2D eigenvalue weighted by Gasteiger charge is 2.38. The van der Waals surface area contributed by atoms with Gasteiger partial charge in [-0.25, -0.2) is 0 Å². The van der Waals surface area contributed by atoms with Crippen LogP contribution in [0.4, 0.5) is 0 Å². The number of ether oxygens (including phenoxy) is 2. The van der Waals surface area contributed by atoms with Crippen molar-refractivity contribution in [3.05, 3.63) is 130 Å². The minimum atomic E-state index is 0.0788. The Balaban J connectivity index is 1.08. The second kappa shape index (κ2) is 11.3. The van der Waals surface area contributed by atoms with E-state index in [1.165, 1.54) is 33.4 Å². The summed E-state index contributed by atoms with van der Waals surface area (Å²) in [6.07, 6.45) is 3.15. The Morgan fingerprint density at radius 3 is 1.61 bits per heavy atom. The third-order valence-electron chi connectivity index (χ3n) is 9.37. The van der Waals surface area contributed by atoms with Crippen molar-refractivity contribution in [2.75, 3.05) is 26.2 Å². The Kier molecular flexibility index (Phi) is 7.28. The van der Waals surface area contributed by atoms with E-state index in [1.54, 1.807) is 0 Å². The van der Waals surface area contributed by atoms with Crippen LogP contribution in [0.25, 0.3) is 0 Å². The summed E-state index contributed by atoms with van der Waals surface area (Å²) in [5, 5.41) is 0. The van der Waals surface area contributed by atoms with E-state index in [0.29, 0.717) is 11.8 Å². The fraction of sp³-hybridized carbons (Fsp3) is 0.351. The smallest absolute Gasteiger partial charge is 0.153 e. The molecule has 3 aliphatic rings. The van der Waals surface area contributed by atoms with Crippen molar-refractivity contribution in [3.63, 3.8) is 0 Å². The van der Waals surface area contributed by atoms with E-state index in [4.69, 9.17) is 9.47 Å². The fourth-order valence-electron chi connectivity index (χ4n) is 7.05. The van der Waals surface area contributed by atoms with Gasteiger partial charge in [-0.05, 0) is 42.2 Å². The van der Waals surface area contributed by atoms with Gasteiger partial charge in [0.2, 0.25) is 0 Å². The molecule has 3 heterocycles. The molecule has 210 valence electrons. The Bertz CT molecular complexity index is 1480. The first kappa shape index (κ1) is 26.3. The molecule has 0 aromatic heterocycles. The predicted molar refractivity (Wildman–Crippen MR) is 165 cm³/mol. The van der Waals surface area contributed by atoms with Crippen LogP contribution in [0.3, 0.4) is 0 Å². The monoisotopic (exact) mass is 544 g/mol.